The summed E-state index contributed by atoms with van der Waals surface area (Å²) in [7, 11) is 0. The van der Waals surface area contributed by atoms with Gasteiger partial charge >= 0.3 is 0 Å². The molecule has 1 aliphatic carbocycles. The highest BCUT2D eigenvalue weighted by atomic mass is 15.2. The smallest absolute Gasteiger partial charge is 0.207 e. The van der Waals surface area contributed by atoms with Crippen molar-refractivity contribution in [2.24, 2.45) is 0 Å². The molecule has 1 aromatic carbocycles. The number of aromatic nitrogens is 3. The summed E-state index contributed by atoms with van der Waals surface area (Å²) in [6, 6.07) is 8.50. The van der Waals surface area contributed by atoms with Gasteiger partial charge in [0.15, 0.2) is 5.65 Å². The molecule has 0 spiro atoms. The van der Waals surface area contributed by atoms with Crippen molar-refractivity contribution >= 4 is 17.1 Å². The molecule has 0 radical (unpaired) electrons. The van der Waals surface area contributed by atoms with E-state index in [1.165, 1.54) is 24.0 Å². The number of pyridine rings is 1. The summed E-state index contributed by atoms with van der Waals surface area (Å²) in [4.78, 5) is 9.02. The molecule has 0 atom stereocenters. The number of hydrogen-bond acceptors (Lipinski definition) is 3. The van der Waals surface area contributed by atoms with Crippen LogP contribution in [0.2, 0.25) is 0 Å². The molecule has 0 saturated heterocycles. The number of anilines is 1. The molecule has 4 nitrogen and oxygen atoms in total. The highest BCUT2D eigenvalue weighted by Crippen LogP contribution is 2.30. The molecule has 2 heterocycles. The van der Waals surface area contributed by atoms with Crippen LogP contribution in [-0.2, 0) is 12.8 Å². The van der Waals surface area contributed by atoms with Crippen LogP contribution >= 0.6 is 0 Å². The van der Waals surface area contributed by atoms with Crippen molar-refractivity contribution < 1.29 is 0 Å². The van der Waals surface area contributed by atoms with E-state index in [2.05, 4.69) is 28.2 Å². The molecular formula is C17H18N4. The van der Waals surface area contributed by atoms with Gasteiger partial charge < -0.3 is 5.73 Å². The second kappa shape index (κ2) is 4.58. The van der Waals surface area contributed by atoms with E-state index in [0.717, 1.165) is 35.3 Å². The Morgan fingerprint density at radius 3 is 2.95 bits per heavy atom. The molecule has 1 aliphatic rings. The zero-order chi connectivity index (χ0) is 14.4. The third-order valence-electron chi connectivity index (χ3n) is 4.27. The second-order valence-electron chi connectivity index (χ2n) is 5.78. The van der Waals surface area contributed by atoms with Crippen LogP contribution in [0.1, 0.15) is 29.5 Å². The second-order valence-corrected chi connectivity index (χ2v) is 5.78. The van der Waals surface area contributed by atoms with Gasteiger partial charge in [0, 0.05) is 6.20 Å². The van der Waals surface area contributed by atoms with Gasteiger partial charge in [-0.1, -0.05) is 12.1 Å². The summed E-state index contributed by atoms with van der Waals surface area (Å²) in [5, 5.41) is 0. The predicted molar refractivity (Wildman–Crippen MR) is 84.7 cm³/mol. The molecule has 21 heavy (non-hydrogen) atoms. The quantitative estimate of drug-likeness (QED) is 0.743. The monoisotopic (exact) mass is 278 g/mol. The van der Waals surface area contributed by atoms with E-state index >= 15 is 0 Å². The van der Waals surface area contributed by atoms with E-state index in [1.54, 1.807) is 0 Å². The first-order valence-corrected chi connectivity index (χ1v) is 7.46. The van der Waals surface area contributed by atoms with Crippen LogP contribution in [0.3, 0.4) is 0 Å². The Balaban J connectivity index is 2.01. The van der Waals surface area contributed by atoms with Crippen LogP contribution < -0.4 is 5.73 Å². The minimum Gasteiger partial charge on any atom is -0.369 e. The van der Waals surface area contributed by atoms with E-state index < -0.39 is 0 Å². The van der Waals surface area contributed by atoms with E-state index in [9.17, 15) is 0 Å². The van der Waals surface area contributed by atoms with Crippen LogP contribution in [0.25, 0.3) is 16.9 Å². The Morgan fingerprint density at radius 1 is 1.19 bits per heavy atom. The number of nitrogen functional groups attached to an aromatic ring is 1. The Morgan fingerprint density at radius 2 is 2.05 bits per heavy atom. The molecule has 0 aliphatic heterocycles. The van der Waals surface area contributed by atoms with Crippen molar-refractivity contribution in [3.05, 3.63) is 47.2 Å². The fourth-order valence-corrected chi connectivity index (χ4v) is 3.29. The average Bonchev–Trinajstić information content (AvgIpc) is 2.81. The molecule has 4 heteroatoms. The summed E-state index contributed by atoms with van der Waals surface area (Å²) in [6.45, 7) is 2.02. The van der Waals surface area contributed by atoms with Gasteiger partial charge in [0.1, 0.15) is 5.52 Å². The number of hydrogen-bond donors (Lipinski definition) is 1. The Labute approximate surface area is 123 Å². The first-order valence-electron chi connectivity index (χ1n) is 7.46. The van der Waals surface area contributed by atoms with Crippen molar-refractivity contribution in [1.29, 1.82) is 0 Å². The van der Waals surface area contributed by atoms with Crippen molar-refractivity contribution in [3.63, 3.8) is 0 Å². The lowest BCUT2D eigenvalue weighted by Gasteiger charge is -2.20. The van der Waals surface area contributed by atoms with Crippen LogP contribution in [0.15, 0.2) is 30.5 Å². The Hall–Kier alpha value is -2.36. The first-order chi connectivity index (χ1) is 10.2. The lowest BCUT2D eigenvalue weighted by Crippen LogP contribution is -2.10. The summed E-state index contributed by atoms with van der Waals surface area (Å²) in [5.41, 5.74) is 13.0. The molecule has 0 fully saturated rings. The summed E-state index contributed by atoms with van der Waals surface area (Å²) in [6.07, 6.45) is 6.64. The predicted octanol–water partition coefficient (Wildman–Crippen LogP) is 3.19. The standard InChI is InChI=1S/C17H18N4/c1-11-9-14-16(19-10-11)21(17(18)20-14)15-8-4-6-12-5-2-3-7-13(12)15/h4,6,8-10H,2-3,5,7H2,1H3,(H2,18,20). The number of imidazole rings is 1. The topological polar surface area (TPSA) is 56.7 Å². The van der Waals surface area contributed by atoms with Crippen LogP contribution in [0, 0.1) is 6.92 Å². The highest BCUT2D eigenvalue weighted by molar-refractivity contribution is 5.78. The van der Waals surface area contributed by atoms with E-state index in [-0.39, 0.29) is 0 Å². The zero-order valence-corrected chi connectivity index (χ0v) is 12.1. The SMILES string of the molecule is Cc1cnc2c(c1)nc(N)n2-c1cccc2c1CCCC2. The number of aryl methyl sites for hydroxylation is 2. The van der Waals surface area contributed by atoms with Gasteiger partial charge in [-0.3, -0.25) is 4.57 Å². The fraction of sp³-hybridized carbons (Fsp3) is 0.294. The maximum atomic E-state index is 6.18. The molecule has 0 saturated carbocycles. The Bertz CT molecular complexity index is 832. The van der Waals surface area contributed by atoms with Crippen LogP contribution in [0.5, 0.6) is 0 Å². The molecule has 0 amide bonds. The normalized spacial score (nSPS) is 14.3. The van der Waals surface area contributed by atoms with Gasteiger partial charge in [0.2, 0.25) is 5.95 Å². The minimum atomic E-state index is 0.516. The zero-order valence-electron chi connectivity index (χ0n) is 12.1. The van der Waals surface area contributed by atoms with Crippen LogP contribution in [0.4, 0.5) is 5.95 Å². The average molecular weight is 278 g/mol. The highest BCUT2D eigenvalue weighted by Gasteiger charge is 2.18. The molecule has 4 rings (SSSR count). The number of benzene rings is 1. The summed E-state index contributed by atoms with van der Waals surface area (Å²) >= 11 is 0. The van der Waals surface area contributed by atoms with Crippen LogP contribution in [-0.4, -0.2) is 14.5 Å². The van der Waals surface area contributed by atoms with E-state index in [4.69, 9.17) is 5.73 Å². The van der Waals surface area contributed by atoms with Crippen molar-refractivity contribution in [2.45, 2.75) is 32.6 Å². The van der Waals surface area contributed by atoms with E-state index in [0.29, 0.717) is 5.95 Å². The minimum absolute atomic E-state index is 0.516. The maximum Gasteiger partial charge on any atom is 0.207 e. The van der Waals surface area contributed by atoms with Gasteiger partial charge in [-0.05, 0) is 61.4 Å². The first kappa shape index (κ1) is 12.4. The lowest BCUT2D eigenvalue weighted by molar-refractivity contribution is 0.682. The van der Waals surface area contributed by atoms with Gasteiger partial charge in [-0.2, -0.15) is 0 Å². The van der Waals surface area contributed by atoms with Gasteiger partial charge in [-0.25, -0.2) is 9.97 Å². The lowest BCUT2D eigenvalue weighted by atomic mass is 9.90. The Kier molecular flexibility index (Phi) is 2.70. The number of rotatable bonds is 1. The molecular weight excluding hydrogens is 260 g/mol. The number of nitrogens with two attached hydrogens (primary N) is 1. The van der Waals surface area contributed by atoms with Gasteiger partial charge in [0.05, 0.1) is 5.69 Å². The number of fused-ring (bicyclic) bond motifs is 2. The van der Waals surface area contributed by atoms with Gasteiger partial charge in [-0.15, -0.1) is 0 Å². The third-order valence-corrected chi connectivity index (χ3v) is 4.27. The summed E-state index contributed by atoms with van der Waals surface area (Å²) < 4.78 is 2.00. The largest absolute Gasteiger partial charge is 0.369 e. The van der Waals surface area contributed by atoms with Crippen molar-refractivity contribution in [3.8, 4) is 5.69 Å². The fourth-order valence-electron chi connectivity index (χ4n) is 3.29. The van der Waals surface area contributed by atoms with Crippen molar-refractivity contribution in [2.75, 3.05) is 5.73 Å². The van der Waals surface area contributed by atoms with Crippen molar-refractivity contribution in [1.82, 2.24) is 14.5 Å². The van der Waals surface area contributed by atoms with E-state index in [1.807, 2.05) is 23.8 Å². The molecule has 106 valence electrons. The summed E-state index contributed by atoms with van der Waals surface area (Å²) in [5.74, 6) is 0.516. The molecule has 0 unspecified atom stereocenters. The molecule has 3 aromatic rings. The molecule has 0 bridgehead atoms. The molecule has 2 N–H and O–H groups in total. The number of nitrogens with zero attached hydrogens (tertiary/aromatic N) is 3. The third kappa shape index (κ3) is 1.90. The van der Waals surface area contributed by atoms with Gasteiger partial charge in [0.25, 0.3) is 0 Å². The maximum absolute atomic E-state index is 6.18. The molecule has 2 aromatic heterocycles.